The molecule has 35 heavy (non-hydrogen) atoms. The van der Waals surface area contributed by atoms with Gasteiger partial charge < -0.3 is 13.9 Å². The summed E-state index contributed by atoms with van der Waals surface area (Å²) in [5, 5.41) is 0.490. The number of hydrogen-bond acceptors (Lipinski definition) is 5. The molecule has 178 valence electrons. The topological polar surface area (TPSA) is 69.0 Å². The van der Waals surface area contributed by atoms with Crippen LogP contribution in [-0.4, -0.2) is 19.1 Å². The van der Waals surface area contributed by atoms with Crippen molar-refractivity contribution in [1.29, 1.82) is 0 Å². The SMILES string of the molecule is CCOc1ccc(C2c3c(oc4ccc(F)cc4c3=O)C(=O)N2c2cccc(Cl)c2)cc1OCC. The highest BCUT2D eigenvalue weighted by molar-refractivity contribution is 6.31. The molecule has 1 atom stereocenters. The number of hydrogen-bond donors (Lipinski definition) is 0. The van der Waals surface area contributed by atoms with Crippen LogP contribution >= 0.6 is 11.6 Å². The minimum Gasteiger partial charge on any atom is -0.490 e. The molecule has 0 saturated carbocycles. The van der Waals surface area contributed by atoms with Crippen LogP contribution in [0.1, 0.15) is 41.6 Å². The lowest BCUT2D eigenvalue weighted by Gasteiger charge is -2.26. The summed E-state index contributed by atoms with van der Waals surface area (Å²) in [5.74, 6) is -0.134. The summed E-state index contributed by atoms with van der Waals surface area (Å²) >= 11 is 6.23. The average molecular weight is 494 g/mol. The van der Waals surface area contributed by atoms with E-state index in [1.54, 1.807) is 42.5 Å². The highest BCUT2D eigenvalue weighted by atomic mass is 35.5. The first-order valence-electron chi connectivity index (χ1n) is 11.2. The third kappa shape index (κ3) is 3.91. The molecule has 3 aromatic carbocycles. The van der Waals surface area contributed by atoms with E-state index in [-0.39, 0.29) is 22.3 Å². The Balaban J connectivity index is 1.79. The largest absolute Gasteiger partial charge is 0.490 e. The first-order valence-corrected chi connectivity index (χ1v) is 11.6. The number of rotatable bonds is 6. The molecular formula is C27H21ClFNO5. The Labute approximate surface area is 205 Å². The zero-order chi connectivity index (χ0) is 24.7. The van der Waals surface area contributed by atoms with Gasteiger partial charge in [0, 0.05) is 10.7 Å². The van der Waals surface area contributed by atoms with Gasteiger partial charge in [0.1, 0.15) is 11.4 Å². The lowest BCUT2D eigenvalue weighted by Crippen LogP contribution is -2.29. The van der Waals surface area contributed by atoms with E-state index in [2.05, 4.69) is 0 Å². The van der Waals surface area contributed by atoms with Crippen LogP contribution < -0.4 is 19.8 Å². The summed E-state index contributed by atoms with van der Waals surface area (Å²) in [6.45, 7) is 4.56. The van der Waals surface area contributed by atoms with Crippen molar-refractivity contribution in [3.63, 3.8) is 0 Å². The summed E-state index contributed by atoms with van der Waals surface area (Å²) in [6.07, 6.45) is 0. The molecule has 0 radical (unpaired) electrons. The van der Waals surface area contributed by atoms with Gasteiger partial charge in [0.05, 0.1) is 30.2 Å². The van der Waals surface area contributed by atoms with Crippen molar-refractivity contribution >= 4 is 34.2 Å². The summed E-state index contributed by atoms with van der Waals surface area (Å²) in [4.78, 5) is 28.8. The summed E-state index contributed by atoms with van der Waals surface area (Å²) in [6, 6.07) is 14.8. The van der Waals surface area contributed by atoms with Crippen molar-refractivity contribution in [2.75, 3.05) is 18.1 Å². The van der Waals surface area contributed by atoms with Gasteiger partial charge in [-0.05, 0) is 67.9 Å². The number of halogens is 2. The highest BCUT2D eigenvalue weighted by Crippen LogP contribution is 2.43. The maximum atomic E-state index is 14.0. The lowest BCUT2D eigenvalue weighted by molar-refractivity contribution is 0.0971. The highest BCUT2D eigenvalue weighted by Gasteiger charge is 2.44. The van der Waals surface area contributed by atoms with E-state index in [9.17, 15) is 14.0 Å². The van der Waals surface area contributed by atoms with Gasteiger partial charge in [0.2, 0.25) is 5.76 Å². The van der Waals surface area contributed by atoms with Crippen molar-refractivity contribution in [1.82, 2.24) is 0 Å². The molecule has 4 aromatic rings. The van der Waals surface area contributed by atoms with Gasteiger partial charge >= 0.3 is 0 Å². The molecule has 0 spiro atoms. The molecule has 6 nitrogen and oxygen atoms in total. The fourth-order valence-corrected chi connectivity index (χ4v) is 4.58. The van der Waals surface area contributed by atoms with Crippen LogP contribution in [0, 0.1) is 5.82 Å². The van der Waals surface area contributed by atoms with E-state index < -0.39 is 23.2 Å². The van der Waals surface area contributed by atoms with E-state index in [0.717, 1.165) is 6.07 Å². The van der Waals surface area contributed by atoms with Gasteiger partial charge in [-0.15, -0.1) is 0 Å². The lowest BCUT2D eigenvalue weighted by atomic mass is 9.97. The molecule has 0 bridgehead atoms. The van der Waals surface area contributed by atoms with Gasteiger partial charge in [0.25, 0.3) is 5.91 Å². The van der Waals surface area contributed by atoms with Gasteiger partial charge in [-0.1, -0.05) is 23.7 Å². The van der Waals surface area contributed by atoms with Crippen molar-refractivity contribution < 1.29 is 23.1 Å². The number of fused-ring (bicyclic) bond motifs is 2. The van der Waals surface area contributed by atoms with Crippen LogP contribution in [-0.2, 0) is 0 Å². The molecule has 0 saturated heterocycles. The number of ether oxygens (including phenoxy) is 2. The summed E-state index contributed by atoms with van der Waals surface area (Å²) in [7, 11) is 0. The fraction of sp³-hybridized carbons (Fsp3) is 0.185. The molecule has 5 rings (SSSR count). The standard InChI is InChI=1S/C27H21ClFNO5/c1-3-33-21-10-8-15(12-22(21)34-4-2)24-23-25(31)19-14-17(29)9-11-20(19)35-26(23)27(32)30(24)18-7-5-6-16(28)13-18/h5-14,24H,3-4H2,1-2H3. The molecule has 2 heterocycles. The first kappa shape index (κ1) is 22.9. The second-order valence-electron chi connectivity index (χ2n) is 7.94. The van der Waals surface area contributed by atoms with Gasteiger partial charge in [-0.3, -0.25) is 14.5 Å². The van der Waals surface area contributed by atoms with Crippen LogP contribution in [0.4, 0.5) is 10.1 Å². The minimum absolute atomic E-state index is 0.0606. The minimum atomic E-state index is -0.852. The van der Waals surface area contributed by atoms with Crippen LogP contribution in [0.2, 0.25) is 5.02 Å². The number of carbonyl (C=O) groups is 1. The Kier molecular flexibility index (Phi) is 5.94. The number of benzene rings is 3. The maximum absolute atomic E-state index is 14.0. The second-order valence-corrected chi connectivity index (χ2v) is 8.38. The van der Waals surface area contributed by atoms with Crippen molar-refractivity contribution in [3.8, 4) is 11.5 Å². The normalized spacial score (nSPS) is 14.9. The Morgan fingerprint density at radius 2 is 1.74 bits per heavy atom. The molecule has 1 aliphatic rings. The molecular weight excluding hydrogens is 473 g/mol. The van der Waals surface area contributed by atoms with Crippen molar-refractivity contribution in [2.45, 2.75) is 19.9 Å². The van der Waals surface area contributed by atoms with Gasteiger partial charge in [-0.2, -0.15) is 0 Å². The number of amides is 1. The Morgan fingerprint density at radius 1 is 0.971 bits per heavy atom. The van der Waals surface area contributed by atoms with E-state index in [0.29, 0.717) is 41.0 Å². The molecule has 1 aromatic heterocycles. The zero-order valence-electron chi connectivity index (χ0n) is 19.0. The van der Waals surface area contributed by atoms with Gasteiger partial charge in [0.15, 0.2) is 16.9 Å². The molecule has 0 aliphatic carbocycles. The number of carbonyl (C=O) groups excluding carboxylic acids is 1. The maximum Gasteiger partial charge on any atom is 0.295 e. The third-order valence-electron chi connectivity index (χ3n) is 5.80. The van der Waals surface area contributed by atoms with E-state index in [1.807, 2.05) is 13.8 Å². The zero-order valence-corrected chi connectivity index (χ0v) is 19.8. The van der Waals surface area contributed by atoms with Crippen LogP contribution in [0.5, 0.6) is 11.5 Å². The smallest absolute Gasteiger partial charge is 0.295 e. The second kappa shape index (κ2) is 9.07. The Bertz CT molecular complexity index is 1520. The van der Waals surface area contributed by atoms with Crippen LogP contribution in [0.15, 0.2) is 69.9 Å². The van der Waals surface area contributed by atoms with E-state index in [1.165, 1.54) is 17.0 Å². The average Bonchev–Trinajstić information content (AvgIpc) is 3.13. The molecule has 1 unspecified atom stereocenters. The Hall–Kier alpha value is -3.84. The predicted molar refractivity (Wildman–Crippen MR) is 131 cm³/mol. The molecule has 0 N–H and O–H groups in total. The monoisotopic (exact) mass is 493 g/mol. The number of nitrogens with zero attached hydrogens (tertiary/aromatic N) is 1. The predicted octanol–water partition coefficient (Wildman–Crippen LogP) is 6.13. The summed E-state index contributed by atoms with van der Waals surface area (Å²) in [5.41, 5.74) is 0.875. The number of anilines is 1. The Morgan fingerprint density at radius 3 is 2.49 bits per heavy atom. The van der Waals surface area contributed by atoms with Crippen molar-refractivity contribution in [2.24, 2.45) is 0 Å². The molecule has 1 amide bonds. The summed E-state index contributed by atoms with van der Waals surface area (Å²) < 4.78 is 31.3. The van der Waals surface area contributed by atoms with Gasteiger partial charge in [-0.25, -0.2) is 4.39 Å². The first-order chi connectivity index (χ1) is 16.9. The molecule has 1 aliphatic heterocycles. The third-order valence-corrected chi connectivity index (χ3v) is 6.04. The molecule has 0 fully saturated rings. The molecule has 8 heteroatoms. The van der Waals surface area contributed by atoms with Crippen molar-refractivity contribution in [3.05, 3.63) is 98.6 Å². The van der Waals surface area contributed by atoms with Crippen LogP contribution in [0.25, 0.3) is 11.0 Å². The quantitative estimate of drug-likeness (QED) is 0.323. The van der Waals surface area contributed by atoms with Crippen LogP contribution in [0.3, 0.4) is 0 Å². The van der Waals surface area contributed by atoms with E-state index >= 15 is 0 Å². The fourth-order valence-electron chi connectivity index (χ4n) is 4.39. The van der Waals surface area contributed by atoms with E-state index in [4.69, 9.17) is 25.5 Å².